The van der Waals surface area contributed by atoms with Gasteiger partial charge in [0.2, 0.25) is 5.91 Å². The van der Waals surface area contributed by atoms with Crippen molar-refractivity contribution in [2.45, 2.75) is 26.4 Å². The zero-order valence-corrected chi connectivity index (χ0v) is 15.8. The van der Waals surface area contributed by atoms with Gasteiger partial charge in [0.15, 0.2) is 0 Å². The number of carbonyl (C=O) groups is 1. The van der Waals surface area contributed by atoms with Crippen molar-refractivity contribution < 1.29 is 4.79 Å². The van der Waals surface area contributed by atoms with Crippen LogP contribution in [0.1, 0.15) is 19.4 Å². The molecule has 0 saturated heterocycles. The van der Waals surface area contributed by atoms with Gasteiger partial charge in [-0.2, -0.15) is 0 Å². The molecule has 0 N–H and O–H groups in total. The van der Waals surface area contributed by atoms with Gasteiger partial charge in [-0.25, -0.2) is 0 Å². The van der Waals surface area contributed by atoms with Gasteiger partial charge in [0.1, 0.15) is 0 Å². The van der Waals surface area contributed by atoms with E-state index in [0.717, 1.165) is 36.8 Å². The SMILES string of the molecule is CCN(CC)C(=O)[C@H]1C=C2c3c(Cl)ccc4ccn(c34)C[C@@H]2N(C)C1. The normalized spacial score (nSPS) is 22.6. The fourth-order valence-electron chi connectivity index (χ4n) is 4.35. The van der Waals surface area contributed by atoms with Crippen molar-refractivity contribution in [1.29, 1.82) is 0 Å². The molecule has 1 amide bonds. The van der Waals surface area contributed by atoms with E-state index in [2.05, 4.69) is 40.9 Å². The van der Waals surface area contributed by atoms with Crippen LogP contribution in [0.25, 0.3) is 16.5 Å². The fourth-order valence-corrected chi connectivity index (χ4v) is 4.61. The van der Waals surface area contributed by atoms with Crippen LogP contribution >= 0.6 is 11.6 Å². The number of fused-ring (bicyclic) bond motifs is 2. The number of amides is 1. The van der Waals surface area contributed by atoms with Crippen LogP contribution in [0, 0.1) is 5.92 Å². The van der Waals surface area contributed by atoms with E-state index in [9.17, 15) is 4.79 Å². The lowest BCUT2D eigenvalue weighted by atomic mass is 9.85. The maximum atomic E-state index is 12.9. The Morgan fingerprint density at radius 3 is 2.72 bits per heavy atom. The number of rotatable bonds is 3. The summed E-state index contributed by atoms with van der Waals surface area (Å²) in [4.78, 5) is 17.1. The van der Waals surface area contributed by atoms with Crippen molar-refractivity contribution in [3.05, 3.63) is 41.1 Å². The van der Waals surface area contributed by atoms with Crippen molar-refractivity contribution in [3.63, 3.8) is 0 Å². The number of halogens is 1. The van der Waals surface area contributed by atoms with Crippen molar-refractivity contribution in [3.8, 4) is 0 Å². The Bertz CT molecular complexity index is 865. The number of nitrogens with zero attached hydrogens (tertiary/aromatic N) is 3. The van der Waals surface area contributed by atoms with E-state index in [1.165, 1.54) is 16.5 Å². The molecular weight excluding hydrogens is 334 g/mol. The lowest BCUT2D eigenvalue weighted by molar-refractivity contribution is -0.134. The molecule has 0 saturated carbocycles. The van der Waals surface area contributed by atoms with Crippen molar-refractivity contribution >= 4 is 34.0 Å². The molecule has 2 aromatic rings. The zero-order chi connectivity index (χ0) is 17.7. The topological polar surface area (TPSA) is 28.5 Å². The molecule has 2 aliphatic heterocycles. The molecule has 0 bridgehead atoms. The number of likely N-dealkylation sites (N-methyl/N-ethyl adjacent to an activating group) is 1. The van der Waals surface area contributed by atoms with Crippen LogP contribution < -0.4 is 0 Å². The third-order valence-electron chi connectivity index (χ3n) is 5.69. The molecule has 0 aliphatic carbocycles. The minimum Gasteiger partial charge on any atom is -0.345 e. The molecule has 2 atom stereocenters. The first-order chi connectivity index (χ1) is 12.0. The summed E-state index contributed by atoms with van der Waals surface area (Å²) in [5.74, 6) is 0.107. The third-order valence-corrected chi connectivity index (χ3v) is 6.00. The van der Waals surface area contributed by atoms with Crippen LogP contribution in [0.5, 0.6) is 0 Å². The van der Waals surface area contributed by atoms with Gasteiger partial charge in [-0.05, 0) is 38.6 Å². The van der Waals surface area contributed by atoms with E-state index in [4.69, 9.17) is 11.6 Å². The maximum Gasteiger partial charge on any atom is 0.230 e. The molecule has 1 aromatic carbocycles. The van der Waals surface area contributed by atoms with Crippen LogP contribution in [0.3, 0.4) is 0 Å². The summed E-state index contributed by atoms with van der Waals surface area (Å²) in [7, 11) is 2.11. The second-order valence-electron chi connectivity index (χ2n) is 7.02. The Kier molecular flexibility index (Phi) is 4.13. The van der Waals surface area contributed by atoms with E-state index < -0.39 is 0 Å². The molecule has 132 valence electrons. The van der Waals surface area contributed by atoms with E-state index in [1.807, 2.05) is 24.8 Å². The molecule has 2 aliphatic rings. The molecule has 3 heterocycles. The molecule has 0 fully saturated rings. The maximum absolute atomic E-state index is 12.9. The highest BCUT2D eigenvalue weighted by Gasteiger charge is 2.37. The van der Waals surface area contributed by atoms with Gasteiger partial charge >= 0.3 is 0 Å². The first-order valence-corrected chi connectivity index (χ1v) is 9.41. The average molecular weight is 358 g/mol. The highest BCUT2D eigenvalue weighted by molar-refractivity contribution is 6.33. The Balaban J connectivity index is 1.85. The van der Waals surface area contributed by atoms with Crippen LogP contribution in [0.2, 0.25) is 5.02 Å². The highest BCUT2D eigenvalue weighted by Crippen LogP contribution is 2.42. The van der Waals surface area contributed by atoms with Crippen LogP contribution in [0.15, 0.2) is 30.5 Å². The third kappa shape index (κ3) is 2.51. The Labute approximate surface area is 153 Å². The van der Waals surface area contributed by atoms with Gasteiger partial charge in [-0.3, -0.25) is 9.69 Å². The summed E-state index contributed by atoms with van der Waals surface area (Å²) < 4.78 is 2.29. The zero-order valence-electron chi connectivity index (χ0n) is 15.0. The fraction of sp³-hybridized carbons (Fsp3) is 0.450. The number of hydrogen-bond acceptors (Lipinski definition) is 2. The van der Waals surface area contributed by atoms with E-state index in [-0.39, 0.29) is 17.9 Å². The summed E-state index contributed by atoms with van der Waals surface area (Å²) in [5, 5.41) is 1.98. The van der Waals surface area contributed by atoms with Gasteiger partial charge in [-0.1, -0.05) is 23.7 Å². The van der Waals surface area contributed by atoms with Crippen molar-refractivity contribution in [2.75, 3.05) is 26.7 Å². The first-order valence-electron chi connectivity index (χ1n) is 9.03. The lowest BCUT2D eigenvalue weighted by Gasteiger charge is -2.41. The second kappa shape index (κ2) is 6.19. The predicted octanol–water partition coefficient (Wildman–Crippen LogP) is 3.49. The Hall–Kier alpha value is -1.78. The summed E-state index contributed by atoms with van der Waals surface area (Å²) in [6.45, 7) is 7.24. The monoisotopic (exact) mass is 357 g/mol. The lowest BCUT2D eigenvalue weighted by Crippen LogP contribution is -2.48. The Morgan fingerprint density at radius 2 is 2.00 bits per heavy atom. The number of hydrogen-bond donors (Lipinski definition) is 0. The van der Waals surface area contributed by atoms with Crippen LogP contribution in [-0.2, 0) is 11.3 Å². The second-order valence-corrected chi connectivity index (χ2v) is 7.43. The van der Waals surface area contributed by atoms with Gasteiger partial charge in [0, 0.05) is 43.3 Å². The number of benzene rings is 1. The van der Waals surface area contributed by atoms with Crippen LogP contribution in [0.4, 0.5) is 0 Å². The number of aromatic nitrogens is 1. The smallest absolute Gasteiger partial charge is 0.230 e. The summed E-state index contributed by atoms with van der Waals surface area (Å²) in [6, 6.07) is 6.46. The van der Waals surface area contributed by atoms with Gasteiger partial charge in [-0.15, -0.1) is 0 Å². The molecule has 1 aromatic heterocycles. The largest absolute Gasteiger partial charge is 0.345 e. The highest BCUT2D eigenvalue weighted by atomic mass is 35.5. The predicted molar refractivity (Wildman–Crippen MR) is 103 cm³/mol. The molecule has 0 spiro atoms. The van der Waals surface area contributed by atoms with Crippen molar-refractivity contribution in [1.82, 2.24) is 14.4 Å². The average Bonchev–Trinajstić information content (AvgIpc) is 3.02. The molecule has 25 heavy (non-hydrogen) atoms. The molecule has 0 radical (unpaired) electrons. The summed E-state index contributed by atoms with van der Waals surface area (Å²) >= 11 is 6.61. The van der Waals surface area contributed by atoms with Gasteiger partial charge < -0.3 is 9.47 Å². The molecule has 4 rings (SSSR count). The molecule has 5 heteroatoms. The standard InChI is InChI=1S/C20H24ClN3O/c1-4-23(5-2)20(25)14-10-15-17(22(3)11-14)12-24-9-8-13-6-7-16(21)18(15)19(13)24/h6-10,14,17H,4-5,11-12H2,1-3H3/t14-,17-/m0/s1. The van der Waals surface area contributed by atoms with Crippen molar-refractivity contribution in [2.24, 2.45) is 5.92 Å². The van der Waals surface area contributed by atoms with Crippen LogP contribution in [-0.4, -0.2) is 53.0 Å². The molecule has 0 unspecified atom stereocenters. The summed E-state index contributed by atoms with van der Waals surface area (Å²) in [6.07, 6.45) is 4.32. The minimum absolute atomic E-state index is 0.107. The van der Waals surface area contributed by atoms with E-state index >= 15 is 0 Å². The summed E-state index contributed by atoms with van der Waals surface area (Å²) in [5.41, 5.74) is 3.50. The van der Waals surface area contributed by atoms with Gasteiger partial charge in [0.25, 0.3) is 0 Å². The first kappa shape index (κ1) is 16.7. The number of carbonyl (C=O) groups excluding carboxylic acids is 1. The Morgan fingerprint density at radius 1 is 1.24 bits per heavy atom. The minimum atomic E-state index is -0.107. The molecular formula is C20H24ClN3O. The quantitative estimate of drug-likeness (QED) is 0.841. The van der Waals surface area contributed by atoms with E-state index in [0.29, 0.717) is 0 Å². The van der Waals surface area contributed by atoms with Gasteiger partial charge in [0.05, 0.1) is 22.5 Å². The van der Waals surface area contributed by atoms with E-state index in [1.54, 1.807) is 0 Å². The molecule has 4 nitrogen and oxygen atoms in total.